The van der Waals surface area contributed by atoms with Crippen molar-refractivity contribution in [3.8, 4) is 5.75 Å². The highest BCUT2D eigenvalue weighted by Crippen LogP contribution is 2.27. The first kappa shape index (κ1) is 27.7. The van der Waals surface area contributed by atoms with Crippen molar-refractivity contribution in [1.82, 2.24) is 10.2 Å². The first-order valence-corrected chi connectivity index (χ1v) is 11.3. The number of ether oxygens (including phenoxy) is 2. The zero-order chi connectivity index (χ0) is 26.3. The maximum atomic E-state index is 13.5. The predicted molar refractivity (Wildman–Crippen MR) is 133 cm³/mol. The summed E-state index contributed by atoms with van der Waals surface area (Å²) in [5.74, 6) is -0.455. The van der Waals surface area contributed by atoms with Gasteiger partial charge in [-0.3, -0.25) is 9.59 Å². The number of carbonyl (C=O) groups excluding carboxylic acids is 3. The maximum Gasteiger partial charge on any atom is 0.408 e. The molecule has 35 heavy (non-hydrogen) atoms. The van der Waals surface area contributed by atoms with E-state index in [-0.39, 0.29) is 0 Å². The van der Waals surface area contributed by atoms with E-state index in [9.17, 15) is 19.5 Å². The normalized spacial score (nSPS) is 12.8. The molecule has 0 fully saturated rings. The van der Waals surface area contributed by atoms with Crippen molar-refractivity contribution in [1.29, 1.82) is 0 Å². The van der Waals surface area contributed by atoms with E-state index in [1.807, 2.05) is 32.0 Å². The third kappa shape index (κ3) is 7.71. The van der Waals surface area contributed by atoms with Crippen molar-refractivity contribution >= 4 is 23.6 Å². The fourth-order valence-corrected chi connectivity index (χ4v) is 3.47. The van der Waals surface area contributed by atoms with E-state index in [4.69, 9.17) is 9.47 Å². The van der Waals surface area contributed by atoms with Crippen LogP contribution in [0.25, 0.3) is 0 Å². The smallest absolute Gasteiger partial charge is 0.408 e. The van der Waals surface area contributed by atoms with Gasteiger partial charge in [0, 0.05) is 12.7 Å². The number of anilines is 1. The average Bonchev–Trinajstić information content (AvgIpc) is 2.78. The molecule has 0 saturated carbocycles. The van der Waals surface area contributed by atoms with Gasteiger partial charge in [-0.15, -0.1) is 0 Å². The number of aliphatic hydroxyl groups excluding tert-OH is 1. The molecule has 2 atom stereocenters. The molecule has 2 unspecified atom stereocenters. The molecule has 9 heteroatoms. The van der Waals surface area contributed by atoms with Gasteiger partial charge < -0.3 is 30.1 Å². The SMILES string of the molecule is COc1ccc(NC(=O)C(c2cc(C)ccc2C)N(C)C(=O)C(CO)NC(=O)OC(C)(C)C)cc1. The molecule has 0 radical (unpaired) electrons. The summed E-state index contributed by atoms with van der Waals surface area (Å²) in [6.07, 6.45) is -0.843. The minimum atomic E-state index is -1.30. The van der Waals surface area contributed by atoms with Gasteiger partial charge in [0.25, 0.3) is 5.91 Å². The number of nitrogens with zero attached hydrogens (tertiary/aromatic N) is 1. The van der Waals surface area contributed by atoms with Crippen LogP contribution >= 0.6 is 0 Å². The van der Waals surface area contributed by atoms with Crippen LogP contribution in [0.3, 0.4) is 0 Å². The van der Waals surface area contributed by atoms with Gasteiger partial charge in [-0.25, -0.2) is 4.79 Å². The van der Waals surface area contributed by atoms with Crippen LogP contribution in [0.5, 0.6) is 5.75 Å². The molecule has 0 spiro atoms. The van der Waals surface area contributed by atoms with Gasteiger partial charge in [0.05, 0.1) is 13.7 Å². The Morgan fingerprint density at radius 3 is 2.23 bits per heavy atom. The summed E-state index contributed by atoms with van der Waals surface area (Å²) in [5.41, 5.74) is 2.10. The van der Waals surface area contributed by atoms with Gasteiger partial charge >= 0.3 is 6.09 Å². The number of methoxy groups -OCH3 is 1. The number of aryl methyl sites for hydroxylation is 2. The van der Waals surface area contributed by atoms with E-state index in [1.54, 1.807) is 52.1 Å². The number of nitrogens with one attached hydrogen (secondary N) is 2. The molecule has 2 rings (SSSR count). The van der Waals surface area contributed by atoms with Crippen LogP contribution in [0.4, 0.5) is 10.5 Å². The topological polar surface area (TPSA) is 117 Å². The largest absolute Gasteiger partial charge is 0.497 e. The summed E-state index contributed by atoms with van der Waals surface area (Å²) in [6.45, 7) is 8.15. The summed E-state index contributed by atoms with van der Waals surface area (Å²) in [5, 5.41) is 15.1. The fraction of sp³-hybridized carbons (Fsp3) is 0.423. The minimum Gasteiger partial charge on any atom is -0.497 e. The second-order valence-electron chi connectivity index (χ2n) is 9.31. The Morgan fingerprint density at radius 1 is 1.06 bits per heavy atom. The molecular weight excluding hydrogens is 450 g/mol. The lowest BCUT2D eigenvalue weighted by Gasteiger charge is -2.32. The van der Waals surface area contributed by atoms with Gasteiger partial charge in [-0.1, -0.05) is 23.8 Å². The molecule has 0 aromatic heterocycles. The van der Waals surface area contributed by atoms with Crippen LogP contribution in [0.15, 0.2) is 42.5 Å². The Kier molecular flexibility index (Phi) is 9.25. The number of hydrogen-bond acceptors (Lipinski definition) is 6. The molecule has 0 aliphatic rings. The van der Waals surface area contributed by atoms with Gasteiger partial charge in [0.1, 0.15) is 23.4 Å². The van der Waals surface area contributed by atoms with E-state index in [0.717, 1.165) is 11.1 Å². The summed E-state index contributed by atoms with van der Waals surface area (Å²) < 4.78 is 10.4. The number of benzene rings is 2. The second-order valence-corrected chi connectivity index (χ2v) is 9.31. The van der Waals surface area contributed by atoms with Gasteiger partial charge in [-0.2, -0.15) is 0 Å². The highest BCUT2D eigenvalue weighted by atomic mass is 16.6. The number of rotatable bonds is 8. The molecule has 0 saturated heterocycles. The quantitative estimate of drug-likeness (QED) is 0.528. The highest BCUT2D eigenvalue weighted by Gasteiger charge is 2.34. The molecule has 0 heterocycles. The third-order valence-electron chi connectivity index (χ3n) is 5.24. The first-order chi connectivity index (χ1) is 16.4. The lowest BCUT2D eigenvalue weighted by Crippen LogP contribution is -2.52. The third-order valence-corrected chi connectivity index (χ3v) is 5.24. The number of aliphatic hydroxyl groups is 1. The van der Waals surface area contributed by atoms with Crippen molar-refractivity contribution in [3.63, 3.8) is 0 Å². The molecule has 0 bridgehead atoms. The number of hydrogen-bond donors (Lipinski definition) is 3. The van der Waals surface area contributed by atoms with Gasteiger partial charge in [0.15, 0.2) is 0 Å². The van der Waals surface area contributed by atoms with Crippen LogP contribution < -0.4 is 15.4 Å². The van der Waals surface area contributed by atoms with Crippen LogP contribution in [0.1, 0.15) is 43.5 Å². The van der Waals surface area contributed by atoms with Crippen molar-refractivity contribution in [2.45, 2.75) is 52.3 Å². The Hall–Kier alpha value is -3.59. The molecule has 3 amide bonds. The molecule has 3 N–H and O–H groups in total. The average molecular weight is 486 g/mol. The van der Waals surface area contributed by atoms with Crippen molar-refractivity contribution in [2.24, 2.45) is 0 Å². The predicted octanol–water partition coefficient (Wildman–Crippen LogP) is 3.34. The van der Waals surface area contributed by atoms with E-state index >= 15 is 0 Å². The molecule has 190 valence electrons. The number of carbonyl (C=O) groups is 3. The monoisotopic (exact) mass is 485 g/mol. The molecule has 0 aliphatic carbocycles. The minimum absolute atomic E-state index is 0.450. The van der Waals surface area contributed by atoms with Crippen LogP contribution in [-0.4, -0.2) is 60.3 Å². The molecule has 9 nitrogen and oxygen atoms in total. The van der Waals surface area contributed by atoms with E-state index in [1.165, 1.54) is 11.9 Å². The zero-order valence-corrected chi connectivity index (χ0v) is 21.3. The Morgan fingerprint density at radius 2 is 1.69 bits per heavy atom. The lowest BCUT2D eigenvalue weighted by molar-refractivity contribution is -0.139. The molecular formula is C26H35N3O6. The Balaban J connectivity index is 2.37. The highest BCUT2D eigenvalue weighted by molar-refractivity contribution is 5.99. The van der Waals surface area contributed by atoms with Crippen LogP contribution in [0.2, 0.25) is 0 Å². The second kappa shape index (κ2) is 11.7. The van der Waals surface area contributed by atoms with Crippen molar-refractivity contribution in [2.75, 3.05) is 26.1 Å². The van der Waals surface area contributed by atoms with E-state index in [0.29, 0.717) is 17.0 Å². The van der Waals surface area contributed by atoms with Crippen molar-refractivity contribution in [3.05, 3.63) is 59.2 Å². The summed E-state index contributed by atoms with van der Waals surface area (Å²) in [7, 11) is 3.01. The Bertz CT molecular complexity index is 1050. The molecule has 2 aromatic rings. The maximum absolute atomic E-state index is 13.5. The van der Waals surface area contributed by atoms with Crippen LogP contribution in [0, 0.1) is 13.8 Å². The number of amides is 3. The fourth-order valence-electron chi connectivity index (χ4n) is 3.47. The van der Waals surface area contributed by atoms with Gasteiger partial charge in [-0.05, 0) is 70.0 Å². The zero-order valence-electron chi connectivity index (χ0n) is 21.3. The lowest BCUT2D eigenvalue weighted by atomic mass is 9.96. The standard InChI is InChI=1S/C26H35N3O6/c1-16-8-9-17(2)20(14-16)22(23(31)27-18-10-12-19(34-7)13-11-18)29(6)24(32)21(15-30)28-25(33)35-26(3,4)5/h8-14,21-22,30H,15H2,1-7H3,(H,27,31)(H,28,33). The Labute approximate surface area is 206 Å². The van der Waals surface area contributed by atoms with Gasteiger partial charge in [0.2, 0.25) is 5.91 Å². The number of likely N-dealkylation sites (N-methyl/N-ethyl adjacent to an activating group) is 1. The van der Waals surface area contributed by atoms with Crippen molar-refractivity contribution < 1.29 is 29.0 Å². The van der Waals surface area contributed by atoms with E-state index < -0.39 is 42.2 Å². The van der Waals surface area contributed by atoms with E-state index in [2.05, 4.69) is 10.6 Å². The first-order valence-electron chi connectivity index (χ1n) is 11.3. The molecule has 2 aromatic carbocycles. The molecule has 0 aliphatic heterocycles. The summed E-state index contributed by atoms with van der Waals surface area (Å²) >= 11 is 0. The number of alkyl carbamates (subject to hydrolysis) is 1. The summed E-state index contributed by atoms with van der Waals surface area (Å²) in [4.78, 5) is 40.3. The van der Waals surface area contributed by atoms with Crippen LogP contribution in [-0.2, 0) is 14.3 Å². The summed E-state index contributed by atoms with van der Waals surface area (Å²) in [6, 6.07) is 10.1.